The molecule has 0 radical (unpaired) electrons. The highest BCUT2D eigenvalue weighted by Crippen LogP contribution is 2.31. The van der Waals surface area contributed by atoms with Gasteiger partial charge in [0.2, 0.25) is 0 Å². The summed E-state index contributed by atoms with van der Waals surface area (Å²) in [5.74, 6) is 3.49. The van der Waals surface area contributed by atoms with Crippen LogP contribution in [0.25, 0.3) is 0 Å². The van der Waals surface area contributed by atoms with Crippen molar-refractivity contribution in [3.63, 3.8) is 0 Å². The van der Waals surface area contributed by atoms with Gasteiger partial charge in [-0.15, -0.1) is 0 Å². The van der Waals surface area contributed by atoms with Gasteiger partial charge in [-0.1, -0.05) is 24.3 Å². The molecule has 94 valence electrons. The van der Waals surface area contributed by atoms with Crippen LogP contribution in [0, 0.1) is 0 Å². The lowest BCUT2D eigenvalue weighted by atomic mass is 9.92. The molecule has 0 bridgehead atoms. The zero-order valence-electron chi connectivity index (χ0n) is 10.5. The summed E-state index contributed by atoms with van der Waals surface area (Å²) in [6.07, 6.45) is 6.25. The standard InChI is InChI=1S/C15H23NS/c16-10-2-1-3-13-4-6-14(7-5-13)15-8-11-17-12-9-15/h4-7,15H,1-3,8-12,16H2. The van der Waals surface area contributed by atoms with E-state index in [1.54, 1.807) is 5.56 Å². The molecule has 1 nitrogen and oxygen atoms in total. The molecule has 0 atom stereocenters. The zero-order valence-corrected chi connectivity index (χ0v) is 11.3. The van der Waals surface area contributed by atoms with E-state index in [1.807, 2.05) is 0 Å². The van der Waals surface area contributed by atoms with Gasteiger partial charge in [-0.05, 0) is 67.2 Å². The first-order chi connectivity index (χ1) is 8.40. The van der Waals surface area contributed by atoms with E-state index in [1.165, 1.54) is 42.8 Å². The normalized spacial score (nSPS) is 17.2. The van der Waals surface area contributed by atoms with Gasteiger partial charge in [0.1, 0.15) is 0 Å². The smallest absolute Gasteiger partial charge is 0.00617 e. The molecule has 1 fully saturated rings. The van der Waals surface area contributed by atoms with Crippen LogP contribution in [-0.4, -0.2) is 18.1 Å². The van der Waals surface area contributed by atoms with E-state index in [9.17, 15) is 0 Å². The van der Waals surface area contributed by atoms with Crippen LogP contribution < -0.4 is 5.73 Å². The maximum atomic E-state index is 5.51. The van der Waals surface area contributed by atoms with Crippen LogP contribution in [0.4, 0.5) is 0 Å². The van der Waals surface area contributed by atoms with Crippen molar-refractivity contribution >= 4 is 11.8 Å². The molecular formula is C15H23NS. The highest BCUT2D eigenvalue weighted by Gasteiger charge is 2.15. The third-order valence-corrected chi connectivity index (χ3v) is 4.64. The Balaban J connectivity index is 1.88. The summed E-state index contributed by atoms with van der Waals surface area (Å²) in [7, 11) is 0. The third-order valence-electron chi connectivity index (χ3n) is 3.59. The van der Waals surface area contributed by atoms with Crippen LogP contribution in [0.3, 0.4) is 0 Å². The number of aryl methyl sites for hydroxylation is 1. The van der Waals surface area contributed by atoms with Crippen molar-refractivity contribution in [3.05, 3.63) is 35.4 Å². The number of nitrogens with two attached hydrogens (primary N) is 1. The van der Waals surface area contributed by atoms with Gasteiger partial charge in [-0.3, -0.25) is 0 Å². The monoisotopic (exact) mass is 249 g/mol. The van der Waals surface area contributed by atoms with Gasteiger partial charge in [0.05, 0.1) is 0 Å². The first-order valence-electron chi connectivity index (χ1n) is 6.77. The van der Waals surface area contributed by atoms with Crippen LogP contribution in [-0.2, 0) is 6.42 Å². The van der Waals surface area contributed by atoms with Crippen molar-refractivity contribution < 1.29 is 0 Å². The SMILES string of the molecule is NCCCCc1ccc(C2CCSCC2)cc1. The molecule has 1 saturated heterocycles. The number of unbranched alkanes of at least 4 members (excludes halogenated alkanes) is 1. The van der Waals surface area contributed by atoms with Gasteiger partial charge in [0.15, 0.2) is 0 Å². The van der Waals surface area contributed by atoms with E-state index >= 15 is 0 Å². The number of thioether (sulfide) groups is 1. The lowest BCUT2D eigenvalue weighted by Gasteiger charge is -2.21. The van der Waals surface area contributed by atoms with Crippen LogP contribution in [0.5, 0.6) is 0 Å². The van der Waals surface area contributed by atoms with Crippen molar-refractivity contribution in [3.8, 4) is 0 Å². The minimum absolute atomic E-state index is 0.814. The Bertz CT molecular complexity index is 314. The first kappa shape index (κ1) is 13.0. The maximum Gasteiger partial charge on any atom is -0.00617 e. The molecule has 1 heterocycles. The average molecular weight is 249 g/mol. The molecule has 0 aliphatic carbocycles. The van der Waals surface area contributed by atoms with E-state index < -0.39 is 0 Å². The van der Waals surface area contributed by atoms with Crippen LogP contribution in [0.2, 0.25) is 0 Å². The molecule has 0 aromatic heterocycles. The Hall–Kier alpha value is -0.470. The summed E-state index contributed by atoms with van der Waals surface area (Å²) in [6, 6.07) is 9.32. The fraction of sp³-hybridized carbons (Fsp3) is 0.600. The fourth-order valence-corrected chi connectivity index (χ4v) is 3.57. The van der Waals surface area contributed by atoms with Crippen LogP contribution >= 0.6 is 11.8 Å². The lowest BCUT2D eigenvalue weighted by molar-refractivity contribution is 0.637. The minimum atomic E-state index is 0.814. The lowest BCUT2D eigenvalue weighted by Crippen LogP contribution is -2.07. The number of hydrogen-bond acceptors (Lipinski definition) is 2. The third kappa shape index (κ3) is 4.04. The molecule has 0 amide bonds. The quantitative estimate of drug-likeness (QED) is 0.807. The molecule has 2 heteroatoms. The van der Waals surface area contributed by atoms with E-state index in [0.717, 1.165) is 18.9 Å². The van der Waals surface area contributed by atoms with E-state index in [-0.39, 0.29) is 0 Å². The second-order valence-electron chi connectivity index (χ2n) is 4.87. The fourth-order valence-electron chi connectivity index (χ4n) is 2.46. The van der Waals surface area contributed by atoms with Crippen molar-refractivity contribution in [1.82, 2.24) is 0 Å². The van der Waals surface area contributed by atoms with Gasteiger partial charge < -0.3 is 5.73 Å². The predicted molar refractivity (Wildman–Crippen MR) is 77.7 cm³/mol. The van der Waals surface area contributed by atoms with Gasteiger partial charge in [-0.25, -0.2) is 0 Å². The number of benzene rings is 1. The average Bonchev–Trinajstić information content (AvgIpc) is 2.41. The Morgan fingerprint density at radius 2 is 1.76 bits per heavy atom. The first-order valence-corrected chi connectivity index (χ1v) is 7.92. The van der Waals surface area contributed by atoms with Crippen molar-refractivity contribution in [2.24, 2.45) is 5.73 Å². The highest BCUT2D eigenvalue weighted by atomic mass is 32.2. The second-order valence-corrected chi connectivity index (χ2v) is 6.10. The highest BCUT2D eigenvalue weighted by molar-refractivity contribution is 7.99. The zero-order chi connectivity index (χ0) is 11.9. The minimum Gasteiger partial charge on any atom is -0.330 e. The predicted octanol–water partition coefficient (Wildman–Crippen LogP) is 3.58. The number of rotatable bonds is 5. The molecule has 1 aromatic rings. The van der Waals surface area contributed by atoms with Crippen LogP contribution in [0.15, 0.2) is 24.3 Å². The van der Waals surface area contributed by atoms with Gasteiger partial charge in [-0.2, -0.15) is 11.8 Å². The van der Waals surface area contributed by atoms with Gasteiger partial charge >= 0.3 is 0 Å². The molecule has 0 unspecified atom stereocenters. The van der Waals surface area contributed by atoms with Crippen LogP contribution in [0.1, 0.15) is 42.7 Å². The summed E-state index contributed by atoms with van der Waals surface area (Å²) < 4.78 is 0. The molecule has 1 aromatic carbocycles. The molecule has 1 aliphatic rings. The van der Waals surface area contributed by atoms with Gasteiger partial charge in [0, 0.05) is 0 Å². The molecule has 2 N–H and O–H groups in total. The number of hydrogen-bond donors (Lipinski definition) is 1. The van der Waals surface area contributed by atoms with E-state index in [4.69, 9.17) is 5.73 Å². The maximum absolute atomic E-state index is 5.51. The topological polar surface area (TPSA) is 26.0 Å². The Labute approximate surface area is 109 Å². The van der Waals surface area contributed by atoms with E-state index in [0.29, 0.717) is 0 Å². The molecule has 2 rings (SSSR count). The Kier molecular flexibility index (Phi) is 5.40. The Morgan fingerprint density at radius 1 is 1.06 bits per heavy atom. The molecule has 1 aliphatic heterocycles. The summed E-state index contributed by atoms with van der Waals surface area (Å²) in [5, 5.41) is 0. The van der Waals surface area contributed by atoms with Crippen molar-refractivity contribution in [2.75, 3.05) is 18.1 Å². The molecule has 0 spiro atoms. The van der Waals surface area contributed by atoms with Gasteiger partial charge in [0.25, 0.3) is 0 Å². The second kappa shape index (κ2) is 7.07. The van der Waals surface area contributed by atoms with Crippen molar-refractivity contribution in [1.29, 1.82) is 0 Å². The molecule has 0 saturated carbocycles. The summed E-state index contributed by atoms with van der Waals surface area (Å²) in [6.45, 7) is 0.817. The summed E-state index contributed by atoms with van der Waals surface area (Å²) in [4.78, 5) is 0. The van der Waals surface area contributed by atoms with E-state index in [2.05, 4.69) is 36.0 Å². The molecular weight excluding hydrogens is 226 g/mol. The summed E-state index contributed by atoms with van der Waals surface area (Å²) in [5.41, 5.74) is 8.53. The Morgan fingerprint density at radius 3 is 2.41 bits per heavy atom. The summed E-state index contributed by atoms with van der Waals surface area (Å²) >= 11 is 2.10. The largest absolute Gasteiger partial charge is 0.330 e. The molecule has 17 heavy (non-hydrogen) atoms. The van der Waals surface area contributed by atoms with Crippen molar-refractivity contribution in [2.45, 2.75) is 38.0 Å².